The van der Waals surface area contributed by atoms with Crippen LogP contribution in [0.25, 0.3) is 0 Å². The molecule has 34 heavy (non-hydrogen) atoms. The molecular formula is C27H26F3NO3. The summed E-state index contributed by atoms with van der Waals surface area (Å²) >= 11 is 0. The van der Waals surface area contributed by atoms with Crippen LogP contribution in [0.3, 0.4) is 0 Å². The summed E-state index contributed by atoms with van der Waals surface area (Å²) in [6, 6.07) is 14.2. The standard InChI is InChI=1S/C27H26F3NO3/c1-3-32-22-12-13-31(16-22)17(2)23-14-25-26(15-24(23)30)34-27(33-25,18-4-8-20(28)9-5-18)19-6-10-21(29)11-7-19/h4-11,14-15,17,22H,3,12-13,16H2,1-2H3. The minimum Gasteiger partial charge on any atom is -0.440 e. The molecular weight excluding hydrogens is 443 g/mol. The maximum absolute atomic E-state index is 15.3. The van der Waals surface area contributed by atoms with Crippen LogP contribution < -0.4 is 9.47 Å². The van der Waals surface area contributed by atoms with Crippen LogP contribution in [-0.4, -0.2) is 30.7 Å². The molecule has 2 heterocycles. The number of likely N-dealkylation sites (tertiary alicyclic amines) is 1. The maximum Gasteiger partial charge on any atom is 0.305 e. The number of rotatable bonds is 6. The van der Waals surface area contributed by atoms with Gasteiger partial charge in [0.1, 0.15) is 17.5 Å². The molecule has 0 amide bonds. The first-order valence-electron chi connectivity index (χ1n) is 11.5. The Labute approximate surface area is 196 Å². The molecule has 4 nitrogen and oxygen atoms in total. The number of halogens is 3. The number of hydrogen-bond donors (Lipinski definition) is 0. The largest absolute Gasteiger partial charge is 0.440 e. The van der Waals surface area contributed by atoms with Crippen molar-refractivity contribution in [3.05, 3.63) is 94.8 Å². The summed E-state index contributed by atoms with van der Waals surface area (Å²) in [6.07, 6.45) is 1.05. The number of nitrogens with zero attached hydrogens (tertiary/aromatic N) is 1. The van der Waals surface area contributed by atoms with Crippen molar-refractivity contribution in [3.63, 3.8) is 0 Å². The molecule has 7 heteroatoms. The first kappa shape index (κ1) is 22.7. The molecule has 0 aliphatic carbocycles. The quantitative estimate of drug-likeness (QED) is 0.447. The first-order valence-corrected chi connectivity index (χ1v) is 11.5. The molecule has 3 aromatic carbocycles. The molecule has 1 fully saturated rings. The second kappa shape index (κ2) is 8.96. The average Bonchev–Trinajstić information content (AvgIpc) is 3.44. The Morgan fingerprint density at radius 1 is 0.941 bits per heavy atom. The van der Waals surface area contributed by atoms with Gasteiger partial charge >= 0.3 is 5.79 Å². The maximum atomic E-state index is 15.3. The van der Waals surface area contributed by atoms with Crippen LogP contribution >= 0.6 is 0 Å². The van der Waals surface area contributed by atoms with E-state index in [0.717, 1.165) is 19.5 Å². The minimum absolute atomic E-state index is 0.147. The number of ether oxygens (including phenoxy) is 3. The third kappa shape index (κ3) is 4.03. The predicted octanol–water partition coefficient (Wildman–Crippen LogP) is 5.95. The van der Waals surface area contributed by atoms with Crippen LogP contribution in [0.15, 0.2) is 60.7 Å². The fourth-order valence-corrected chi connectivity index (χ4v) is 4.78. The Morgan fingerprint density at radius 2 is 1.50 bits per heavy atom. The van der Waals surface area contributed by atoms with E-state index in [9.17, 15) is 8.78 Å². The van der Waals surface area contributed by atoms with E-state index in [0.29, 0.717) is 29.0 Å². The summed E-state index contributed by atoms with van der Waals surface area (Å²) < 4.78 is 60.8. The van der Waals surface area contributed by atoms with Crippen LogP contribution in [0.4, 0.5) is 13.2 Å². The lowest BCUT2D eigenvalue weighted by molar-refractivity contribution is -0.0460. The summed E-state index contributed by atoms with van der Waals surface area (Å²) in [5, 5.41) is 0. The highest BCUT2D eigenvalue weighted by atomic mass is 19.1. The molecule has 2 aliphatic rings. The highest BCUT2D eigenvalue weighted by molar-refractivity contribution is 5.51. The van der Waals surface area contributed by atoms with Crippen molar-refractivity contribution in [2.75, 3.05) is 19.7 Å². The van der Waals surface area contributed by atoms with E-state index in [4.69, 9.17) is 14.2 Å². The molecule has 1 saturated heterocycles. The van der Waals surface area contributed by atoms with E-state index in [2.05, 4.69) is 4.90 Å². The molecule has 2 atom stereocenters. The lowest BCUT2D eigenvalue weighted by Crippen LogP contribution is -2.36. The van der Waals surface area contributed by atoms with Gasteiger partial charge in [-0.05, 0) is 74.9 Å². The normalized spacial score (nSPS) is 20.0. The average molecular weight is 470 g/mol. The summed E-state index contributed by atoms with van der Waals surface area (Å²) in [6.45, 7) is 6.13. The minimum atomic E-state index is -1.49. The van der Waals surface area contributed by atoms with E-state index in [1.807, 2.05) is 13.8 Å². The van der Waals surface area contributed by atoms with Gasteiger partial charge in [-0.15, -0.1) is 0 Å². The molecule has 178 valence electrons. The Hall–Kier alpha value is -3.03. The van der Waals surface area contributed by atoms with Gasteiger partial charge in [-0.25, -0.2) is 13.2 Å². The van der Waals surface area contributed by atoms with Crippen molar-refractivity contribution >= 4 is 0 Å². The van der Waals surface area contributed by atoms with E-state index in [1.165, 1.54) is 30.3 Å². The molecule has 0 spiro atoms. The second-order valence-electron chi connectivity index (χ2n) is 8.69. The molecule has 0 N–H and O–H groups in total. The third-order valence-electron chi connectivity index (χ3n) is 6.60. The van der Waals surface area contributed by atoms with Gasteiger partial charge < -0.3 is 14.2 Å². The van der Waals surface area contributed by atoms with Gasteiger partial charge in [0.15, 0.2) is 11.5 Å². The van der Waals surface area contributed by atoms with E-state index in [1.54, 1.807) is 30.3 Å². The monoisotopic (exact) mass is 469 g/mol. The van der Waals surface area contributed by atoms with Gasteiger partial charge in [0, 0.05) is 48.5 Å². The highest BCUT2D eigenvalue weighted by Gasteiger charge is 2.46. The van der Waals surface area contributed by atoms with Crippen LogP contribution in [0.1, 0.15) is 43.0 Å². The van der Waals surface area contributed by atoms with Gasteiger partial charge in [-0.3, -0.25) is 4.90 Å². The highest BCUT2D eigenvalue weighted by Crippen LogP contribution is 2.49. The van der Waals surface area contributed by atoms with Crippen LogP contribution in [0, 0.1) is 17.5 Å². The van der Waals surface area contributed by atoms with Crippen LogP contribution in [-0.2, 0) is 10.5 Å². The van der Waals surface area contributed by atoms with E-state index < -0.39 is 23.2 Å². The van der Waals surface area contributed by atoms with Crippen LogP contribution in [0.2, 0.25) is 0 Å². The zero-order valence-corrected chi connectivity index (χ0v) is 19.1. The smallest absolute Gasteiger partial charge is 0.305 e. The van der Waals surface area contributed by atoms with Crippen molar-refractivity contribution in [2.45, 2.75) is 38.2 Å². The Bertz CT molecular complexity index is 1120. The van der Waals surface area contributed by atoms with Gasteiger partial charge in [-0.1, -0.05) is 0 Å². The van der Waals surface area contributed by atoms with Gasteiger partial charge in [0.2, 0.25) is 0 Å². The number of fused-ring (bicyclic) bond motifs is 1. The predicted molar refractivity (Wildman–Crippen MR) is 121 cm³/mol. The van der Waals surface area contributed by atoms with Crippen molar-refractivity contribution in [2.24, 2.45) is 0 Å². The molecule has 0 saturated carbocycles. The SMILES string of the molecule is CCOC1CCN(C(C)c2cc3c(cc2F)OC(c2ccc(F)cc2)(c2ccc(F)cc2)O3)C1. The van der Waals surface area contributed by atoms with Crippen molar-refractivity contribution < 1.29 is 27.4 Å². The second-order valence-corrected chi connectivity index (χ2v) is 8.69. The van der Waals surface area contributed by atoms with Crippen molar-refractivity contribution in [3.8, 4) is 11.5 Å². The lowest BCUT2D eigenvalue weighted by atomic mass is 9.97. The third-order valence-corrected chi connectivity index (χ3v) is 6.60. The molecule has 3 aromatic rings. The Morgan fingerprint density at radius 3 is 2.06 bits per heavy atom. The summed E-state index contributed by atoms with van der Waals surface area (Å²) in [7, 11) is 0. The Kier molecular flexibility index (Phi) is 6.00. The molecule has 0 radical (unpaired) electrons. The summed E-state index contributed by atoms with van der Waals surface area (Å²) in [5.74, 6) is -2.11. The summed E-state index contributed by atoms with van der Waals surface area (Å²) in [4.78, 5) is 2.19. The van der Waals surface area contributed by atoms with Gasteiger partial charge in [-0.2, -0.15) is 0 Å². The molecule has 5 rings (SSSR count). The number of hydrogen-bond acceptors (Lipinski definition) is 4. The van der Waals surface area contributed by atoms with E-state index in [-0.39, 0.29) is 17.9 Å². The summed E-state index contributed by atoms with van der Waals surface area (Å²) in [5.41, 5.74) is 1.50. The molecule has 0 aromatic heterocycles. The number of benzene rings is 3. The van der Waals surface area contributed by atoms with Crippen molar-refractivity contribution in [1.29, 1.82) is 0 Å². The van der Waals surface area contributed by atoms with E-state index >= 15 is 4.39 Å². The Balaban J connectivity index is 1.50. The topological polar surface area (TPSA) is 30.9 Å². The fraction of sp³-hybridized carbons (Fsp3) is 0.333. The molecule has 0 bridgehead atoms. The zero-order valence-electron chi connectivity index (χ0n) is 19.1. The lowest BCUT2D eigenvalue weighted by Gasteiger charge is -2.28. The van der Waals surface area contributed by atoms with Crippen molar-refractivity contribution in [1.82, 2.24) is 4.90 Å². The zero-order chi connectivity index (χ0) is 23.9. The van der Waals surface area contributed by atoms with Gasteiger partial charge in [0.05, 0.1) is 6.10 Å². The molecule has 2 unspecified atom stereocenters. The first-order chi connectivity index (χ1) is 16.4. The van der Waals surface area contributed by atoms with Gasteiger partial charge in [0.25, 0.3) is 0 Å². The molecule has 2 aliphatic heterocycles. The fourth-order valence-electron chi connectivity index (χ4n) is 4.78. The van der Waals surface area contributed by atoms with Crippen LogP contribution in [0.5, 0.6) is 11.5 Å².